The molecule has 0 unspecified atom stereocenters. The Kier molecular flexibility index (Phi) is 3.89. The highest BCUT2D eigenvalue weighted by atomic mass is 19.3. The molecule has 0 aromatic carbocycles. The van der Waals surface area contributed by atoms with Gasteiger partial charge >= 0.3 is 0 Å². The SMILES string of the molecule is CC1(O)CCN(C(=O)c2cccn2CC(F)F)CC1. The number of carbonyl (C=O) groups is 1. The summed E-state index contributed by atoms with van der Waals surface area (Å²) in [6, 6.07) is 3.15. The number of amides is 1. The van der Waals surface area contributed by atoms with E-state index in [0.29, 0.717) is 25.9 Å². The van der Waals surface area contributed by atoms with Crippen LogP contribution in [-0.4, -0.2) is 45.6 Å². The van der Waals surface area contributed by atoms with Crippen LogP contribution in [-0.2, 0) is 6.54 Å². The van der Waals surface area contributed by atoms with Gasteiger partial charge < -0.3 is 14.6 Å². The topological polar surface area (TPSA) is 45.5 Å². The molecule has 2 rings (SSSR count). The summed E-state index contributed by atoms with van der Waals surface area (Å²) < 4.78 is 26.1. The molecule has 1 aliphatic rings. The zero-order valence-electron chi connectivity index (χ0n) is 10.9. The number of rotatable bonds is 3. The molecule has 4 nitrogen and oxygen atoms in total. The van der Waals surface area contributed by atoms with E-state index in [1.54, 1.807) is 24.0 Å². The van der Waals surface area contributed by atoms with Crippen LogP contribution < -0.4 is 0 Å². The summed E-state index contributed by atoms with van der Waals surface area (Å²) >= 11 is 0. The van der Waals surface area contributed by atoms with Gasteiger partial charge in [-0.1, -0.05) is 0 Å². The van der Waals surface area contributed by atoms with Crippen LogP contribution in [0.15, 0.2) is 18.3 Å². The predicted octanol–water partition coefficient (Wildman–Crippen LogP) is 1.74. The standard InChI is InChI=1S/C13H18F2N2O2/c1-13(19)4-7-16(8-5-13)12(18)10-3-2-6-17(10)9-11(14)15/h2-3,6,11,19H,4-5,7-9H2,1H3. The van der Waals surface area contributed by atoms with Crippen LogP contribution in [0.1, 0.15) is 30.3 Å². The number of aliphatic hydroxyl groups is 1. The van der Waals surface area contributed by atoms with Gasteiger partial charge in [0, 0.05) is 19.3 Å². The lowest BCUT2D eigenvalue weighted by molar-refractivity contribution is -0.00238. The van der Waals surface area contributed by atoms with Crippen molar-refractivity contribution in [3.05, 3.63) is 24.0 Å². The van der Waals surface area contributed by atoms with Crippen LogP contribution in [0.3, 0.4) is 0 Å². The van der Waals surface area contributed by atoms with E-state index >= 15 is 0 Å². The molecule has 1 fully saturated rings. The summed E-state index contributed by atoms with van der Waals surface area (Å²) in [5.41, 5.74) is -0.455. The summed E-state index contributed by atoms with van der Waals surface area (Å²) in [5, 5.41) is 9.84. The molecule has 19 heavy (non-hydrogen) atoms. The quantitative estimate of drug-likeness (QED) is 0.911. The summed E-state index contributed by atoms with van der Waals surface area (Å²) in [5.74, 6) is -0.249. The van der Waals surface area contributed by atoms with E-state index in [1.807, 2.05) is 0 Å². The third-order valence-corrected chi connectivity index (χ3v) is 3.51. The molecule has 1 aromatic rings. The maximum atomic E-state index is 12.4. The van der Waals surface area contributed by atoms with E-state index in [-0.39, 0.29) is 11.6 Å². The molecule has 1 aromatic heterocycles. The van der Waals surface area contributed by atoms with Crippen molar-refractivity contribution in [2.45, 2.75) is 38.3 Å². The van der Waals surface area contributed by atoms with Crippen molar-refractivity contribution >= 4 is 5.91 Å². The van der Waals surface area contributed by atoms with Gasteiger partial charge in [-0.25, -0.2) is 8.78 Å². The normalized spacial score (nSPS) is 18.9. The molecule has 1 amide bonds. The van der Waals surface area contributed by atoms with Gasteiger partial charge in [-0.15, -0.1) is 0 Å². The maximum absolute atomic E-state index is 12.4. The number of nitrogens with zero attached hydrogens (tertiary/aromatic N) is 2. The highest BCUT2D eigenvalue weighted by molar-refractivity contribution is 5.92. The molecular weight excluding hydrogens is 254 g/mol. The van der Waals surface area contributed by atoms with E-state index < -0.39 is 18.6 Å². The summed E-state index contributed by atoms with van der Waals surface area (Å²) in [6.07, 6.45) is 0.0169. The Hall–Kier alpha value is -1.43. The molecule has 2 heterocycles. The van der Waals surface area contributed by atoms with E-state index in [2.05, 4.69) is 0 Å². The Morgan fingerprint density at radius 1 is 1.47 bits per heavy atom. The van der Waals surface area contributed by atoms with Crippen LogP contribution >= 0.6 is 0 Å². The smallest absolute Gasteiger partial charge is 0.270 e. The Balaban J connectivity index is 2.06. The van der Waals surface area contributed by atoms with Gasteiger partial charge in [0.15, 0.2) is 0 Å². The van der Waals surface area contributed by atoms with Gasteiger partial charge in [0.05, 0.1) is 12.1 Å². The number of hydrogen-bond acceptors (Lipinski definition) is 2. The minimum absolute atomic E-state index is 0.249. The average molecular weight is 272 g/mol. The molecule has 0 radical (unpaired) electrons. The summed E-state index contributed by atoms with van der Waals surface area (Å²) in [7, 11) is 0. The first-order chi connectivity index (χ1) is 8.89. The zero-order chi connectivity index (χ0) is 14.0. The average Bonchev–Trinajstić information content (AvgIpc) is 2.75. The molecule has 0 aliphatic carbocycles. The van der Waals surface area contributed by atoms with Crippen LogP contribution in [0.2, 0.25) is 0 Å². The molecule has 0 bridgehead atoms. The second kappa shape index (κ2) is 5.28. The molecule has 0 saturated carbocycles. The molecule has 1 aliphatic heterocycles. The Morgan fingerprint density at radius 3 is 2.68 bits per heavy atom. The number of likely N-dealkylation sites (tertiary alicyclic amines) is 1. The van der Waals surface area contributed by atoms with Crippen molar-refractivity contribution in [2.75, 3.05) is 13.1 Å². The van der Waals surface area contributed by atoms with Crippen LogP contribution in [0.25, 0.3) is 0 Å². The highest BCUT2D eigenvalue weighted by Gasteiger charge is 2.30. The minimum atomic E-state index is -2.49. The van der Waals surface area contributed by atoms with E-state index in [4.69, 9.17) is 0 Å². The van der Waals surface area contributed by atoms with Gasteiger partial charge in [-0.2, -0.15) is 0 Å². The Bertz CT molecular complexity index is 447. The first-order valence-electron chi connectivity index (χ1n) is 6.34. The van der Waals surface area contributed by atoms with E-state index in [1.165, 1.54) is 10.8 Å². The van der Waals surface area contributed by atoms with Gasteiger partial charge in [0.1, 0.15) is 5.69 Å². The summed E-state index contributed by atoms with van der Waals surface area (Å²) in [4.78, 5) is 13.9. The Labute approximate surface area is 110 Å². The summed E-state index contributed by atoms with van der Waals surface area (Å²) in [6.45, 7) is 2.17. The number of alkyl halides is 2. The minimum Gasteiger partial charge on any atom is -0.390 e. The van der Waals surface area contributed by atoms with Crippen LogP contribution in [0.4, 0.5) is 8.78 Å². The van der Waals surface area contributed by atoms with Crippen LogP contribution in [0.5, 0.6) is 0 Å². The molecule has 6 heteroatoms. The third-order valence-electron chi connectivity index (χ3n) is 3.51. The molecular formula is C13H18F2N2O2. The van der Waals surface area contributed by atoms with Gasteiger partial charge in [0.25, 0.3) is 12.3 Å². The third kappa shape index (κ3) is 3.32. The van der Waals surface area contributed by atoms with Gasteiger partial charge in [0.2, 0.25) is 0 Å². The number of halogens is 2. The zero-order valence-corrected chi connectivity index (χ0v) is 10.9. The number of hydrogen-bond donors (Lipinski definition) is 1. The maximum Gasteiger partial charge on any atom is 0.270 e. The van der Waals surface area contributed by atoms with Crippen molar-refractivity contribution in [1.82, 2.24) is 9.47 Å². The van der Waals surface area contributed by atoms with E-state index in [0.717, 1.165) is 0 Å². The van der Waals surface area contributed by atoms with Gasteiger partial charge in [-0.3, -0.25) is 4.79 Å². The second-order valence-electron chi connectivity index (χ2n) is 5.23. The number of piperidine rings is 1. The molecule has 0 atom stereocenters. The number of aromatic nitrogens is 1. The fourth-order valence-electron chi connectivity index (χ4n) is 2.27. The fourth-order valence-corrected chi connectivity index (χ4v) is 2.27. The molecule has 0 spiro atoms. The lowest BCUT2D eigenvalue weighted by Crippen LogP contribution is -2.45. The lowest BCUT2D eigenvalue weighted by Gasteiger charge is -2.35. The second-order valence-corrected chi connectivity index (χ2v) is 5.23. The lowest BCUT2D eigenvalue weighted by atomic mass is 9.94. The van der Waals surface area contributed by atoms with E-state index in [9.17, 15) is 18.7 Å². The largest absolute Gasteiger partial charge is 0.390 e. The fraction of sp³-hybridized carbons (Fsp3) is 0.615. The molecule has 106 valence electrons. The number of carbonyl (C=O) groups excluding carboxylic acids is 1. The first-order valence-corrected chi connectivity index (χ1v) is 6.34. The van der Waals surface area contributed by atoms with Crippen molar-refractivity contribution in [2.24, 2.45) is 0 Å². The highest BCUT2D eigenvalue weighted by Crippen LogP contribution is 2.22. The van der Waals surface area contributed by atoms with Crippen molar-refractivity contribution < 1.29 is 18.7 Å². The van der Waals surface area contributed by atoms with Crippen LogP contribution in [0, 0.1) is 0 Å². The first kappa shape index (κ1) is 14.0. The molecule has 1 saturated heterocycles. The van der Waals surface area contributed by atoms with Crippen molar-refractivity contribution in [3.8, 4) is 0 Å². The van der Waals surface area contributed by atoms with Crippen molar-refractivity contribution in [3.63, 3.8) is 0 Å². The predicted molar refractivity (Wildman–Crippen MR) is 66.2 cm³/mol. The van der Waals surface area contributed by atoms with Crippen molar-refractivity contribution in [1.29, 1.82) is 0 Å². The van der Waals surface area contributed by atoms with Gasteiger partial charge in [-0.05, 0) is 31.9 Å². The molecule has 1 N–H and O–H groups in total. The monoisotopic (exact) mass is 272 g/mol. The Morgan fingerprint density at radius 2 is 2.11 bits per heavy atom.